The maximum Gasteiger partial charge on any atom is 0.242 e. The lowest BCUT2D eigenvalue weighted by Crippen LogP contribution is -2.47. The van der Waals surface area contributed by atoms with Crippen molar-refractivity contribution in [2.45, 2.75) is 57.5 Å². The second kappa shape index (κ2) is 12.7. The lowest BCUT2D eigenvalue weighted by Gasteiger charge is -2.29. The second-order valence-corrected chi connectivity index (χ2v) is 8.92. The Bertz CT molecular complexity index is 826. The van der Waals surface area contributed by atoms with E-state index in [1.807, 2.05) is 18.2 Å². The molecule has 0 bridgehead atoms. The Morgan fingerprint density at radius 2 is 1.83 bits per heavy atom. The number of rotatable bonds is 11. The first-order chi connectivity index (χ1) is 14.4. The summed E-state index contributed by atoms with van der Waals surface area (Å²) in [5.41, 5.74) is 2.05. The molecule has 162 valence electrons. The molecule has 1 N–H and O–H groups in total. The minimum Gasteiger partial charge on any atom is -0.354 e. The van der Waals surface area contributed by atoms with Crippen molar-refractivity contribution in [1.82, 2.24) is 10.2 Å². The van der Waals surface area contributed by atoms with Gasteiger partial charge in [0.25, 0.3) is 0 Å². The number of nitrogens with zero attached hydrogens (tertiary/aromatic N) is 1. The number of aryl methyl sites for hydroxylation is 1. The molecule has 2 amide bonds. The largest absolute Gasteiger partial charge is 0.354 e. The Morgan fingerprint density at radius 1 is 1.13 bits per heavy atom. The third kappa shape index (κ3) is 7.69. The van der Waals surface area contributed by atoms with E-state index in [4.69, 9.17) is 11.6 Å². The van der Waals surface area contributed by atoms with Gasteiger partial charge in [-0.05, 0) is 44.0 Å². The molecule has 0 saturated carbocycles. The lowest BCUT2D eigenvalue weighted by molar-refractivity contribution is -0.140. The van der Waals surface area contributed by atoms with E-state index in [0.717, 1.165) is 23.3 Å². The molecule has 4 nitrogen and oxygen atoms in total. The normalized spacial score (nSPS) is 11.7. The highest BCUT2D eigenvalue weighted by Gasteiger charge is 2.26. The van der Waals surface area contributed by atoms with Gasteiger partial charge >= 0.3 is 0 Å². The van der Waals surface area contributed by atoms with Crippen LogP contribution in [0.15, 0.2) is 53.4 Å². The Kier molecular flexibility index (Phi) is 10.2. The molecule has 2 rings (SSSR count). The van der Waals surface area contributed by atoms with Gasteiger partial charge in [0, 0.05) is 35.2 Å². The molecule has 0 radical (unpaired) electrons. The van der Waals surface area contributed by atoms with Crippen molar-refractivity contribution < 1.29 is 9.59 Å². The van der Waals surface area contributed by atoms with Gasteiger partial charge in [-0.1, -0.05) is 60.8 Å². The standard InChI is InChI=1S/C24H31ClN2O2S/c1-4-5-15-26-24(29)19(3)27(17-20-8-6-7-9-22(20)25)23(28)14-16-30-21-12-10-18(2)11-13-21/h6-13,19H,4-5,14-17H2,1-3H3,(H,26,29). The van der Waals surface area contributed by atoms with Crippen LogP contribution in [0.25, 0.3) is 0 Å². The summed E-state index contributed by atoms with van der Waals surface area (Å²) in [4.78, 5) is 28.5. The van der Waals surface area contributed by atoms with E-state index in [1.165, 1.54) is 5.56 Å². The molecule has 0 heterocycles. The second-order valence-electron chi connectivity index (χ2n) is 7.35. The first-order valence-electron chi connectivity index (χ1n) is 10.4. The van der Waals surface area contributed by atoms with Gasteiger partial charge in [0.05, 0.1) is 0 Å². The average Bonchev–Trinajstić information content (AvgIpc) is 2.74. The molecular weight excluding hydrogens is 416 g/mol. The van der Waals surface area contributed by atoms with Crippen LogP contribution in [-0.4, -0.2) is 35.1 Å². The topological polar surface area (TPSA) is 49.4 Å². The molecule has 30 heavy (non-hydrogen) atoms. The van der Waals surface area contributed by atoms with Gasteiger partial charge in [0.2, 0.25) is 11.8 Å². The highest BCUT2D eigenvalue weighted by molar-refractivity contribution is 7.99. The minimum absolute atomic E-state index is 0.0485. The van der Waals surface area contributed by atoms with Crippen molar-refractivity contribution in [3.8, 4) is 0 Å². The summed E-state index contributed by atoms with van der Waals surface area (Å²) < 4.78 is 0. The molecule has 0 saturated heterocycles. The maximum absolute atomic E-state index is 13.1. The predicted molar refractivity (Wildman–Crippen MR) is 126 cm³/mol. The molecule has 6 heteroatoms. The van der Waals surface area contributed by atoms with E-state index in [0.29, 0.717) is 30.3 Å². The molecule has 0 aromatic heterocycles. The molecule has 0 aliphatic heterocycles. The molecule has 0 aliphatic carbocycles. The first-order valence-corrected chi connectivity index (χ1v) is 11.8. The van der Waals surface area contributed by atoms with Crippen molar-refractivity contribution >= 4 is 35.2 Å². The van der Waals surface area contributed by atoms with Gasteiger partial charge in [0.15, 0.2) is 0 Å². The van der Waals surface area contributed by atoms with Gasteiger partial charge in [-0.3, -0.25) is 9.59 Å². The van der Waals surface area contributed by atoms with E-state index < -0.39 is 6.04 Å². The zero-order valence-electron chi connectivity index (χ0n) is 18.0. The van der Waals surface area contributed by atoms with Crippen LogP contribution in [0.5, 0.6) is 0 Å². The fourth-order valence-corrected chi connectivity index (χ4v) is 4.00. The van der Waals surface area contributed by atoms with E-state index in [1.54, 1.807) is 29.7 Å². The number of hydrogen-bond donors (Lipinski definition) is 1. The zero-order valence-corrected chi connectivity index (χ0v) is 19.6. The van der Waals surface area contributed by atoms with Gasteiger partial charge in [-0.15, -0.1) is 11.8 Å². The third-order valence-electron chi connectivity index (χ3n) is 4.90. The number of carbonyl (C=O) groups excluding carboxylic acids is 2. The SMILES string of the molecule is CCCCNC(=O)C(C)N(Cc1ccccc1Cl)C(=O)CCSc1ccc(C)cc1. The van der Waals surface area contributed by atoms with Crippen molar-refractivity contribution in [3.05, 3.63) is 64.7 Å². The van der Waals surface area contributed by atoms with Gasteiger partial charge in [-0.2, -0.15) is 0 Å². The van der Waals surface area contributed by atoms with Gasteiger partial charge < -0.3 is 10.2 Å². The lowest BCUT2D eigenvalue weighted by atomic mass is 10.1. The van der Waals surface area contributed by atoms with Gasteiger partial charge in [0.1, 0.15) is 6.04 Å². The summed E-state index contributed by atoms with van der Waals surface area (Å²) in [6.45, 7) is 6.85. The van der Waals surface area contributed by atoms with Crippen LogP contribution in [0.4, 0.5) is 0 Å². The highest BCUT2D eigenvalue weighted by Crippen LogP contribution is 2.22. The van der Waals surface area contributed by atoms with Crippen molar-refractivity contribution in [3.63, 3.8) is 0 Å². The number of unbranched alkanes of at least 4 members (excludes halogenated alkanes) is 1. The molecule has 0 spiro atoms. The van der Waals surface area contributed by atoms with Crippen LogP contribution in [0.3, 0.4) is 0 Å². The van der Waals surface area contributed by atoms with Crippen LogP contribution >= 0.6 is 23.4 Å². The first kappa shape index (κ1) is 24.3. The van der Waals surface area contributed by atoms with E-state index >= 15 is 0 Å². The summed E-state index contributed by atoms with van der Waals surface area (Å²) in [7, 11) is 0. The van der Waals surface area contributed by atoms with Crippen LogP contribution in [0.2, 0.25) is 5.02 Å². The monoisotopic (exact) mass is 446 g/mol. The Morgan fingerprint density at radius 3 is 2.50 bits per heavy atom. The minimum atomic E-state index is -0.560. The van der Waals surface area contributed by atoms with Gasteiger partial charge in [-0.25, -0.2) is 0 Å². The molecule has 2 aromatic carbocycles. The van der Waals surface area contributed by atoms with Crippen molar-refractivity contribution in [2.75, 3.05) is 12.3 Å². The number of hydrogen-bond acceptors (Lipinski definition) is 3. The fourth-order valence-electron chi connectivity index (χ4n) is 2.96. The summed E-state index contributed by atoms with van der Waals surface area (Å²) in [6, 6.07) is 15.2. The van der Waals surface area contributed by atoms with Crippen LogP contribution in [0.1, 0.15) is 44.2 Å². The highest BCUT2D eigenvalue weighted by atomic mass is 35.5. The van der Waals surface area contributed by atoms with E-state index in [-0.39, 0.29) is 11.8 Å². The Labute approximate surface area is 189 Å². The van der Waals surface area contributed by atoms with Crippen molar-refractivity contribution in [2.24, 2.45) is 0 Å². The Hall–Kier alpha value is -1.98. The number of halogens is 1. The number of thioether (sulfide) groups is 1. The Balaban J connectivity index is 2.04. The molecule has 0 aliphatic rings. The van der Waals surface area contributed by atoms with Crippen molar-refractivity contribution in [1.29, 1.82) is 0 Å². The summed E-state index contributed by atoms with van der Waals surface area (Å²) in [5.74, 6) is 0.480. The predicted octanol–water partition coefficient (Wildman–Crippen LogP) is 5.46. The number of nitrogens with one attached hydrogen (secondary N) is 1. The molecule has 1 unspecified atom stereocenters. The fraction of sp³-hybridized carbons (Fsp3) is 0.417. The smallest absolute Gasteiger partial charge is 0.242 e. The van der Waals surface area contributed by atoms with Crippen LogP contribution in [-0.2, 0) is 16.1 Å². The molecule has 2 aromatic rings. The van der Waals surface area contributed by atoms with E-state index in [2.05, 4.69) is 43.4 Å². The summed E-state index contributed by atoms with van der Waals surface area (Å²) in [6.07, 6.45) is 2.28. The van der Waals surface area contributed by atoms with Crippen LogP contribution < -0.4 is 5.32 Å². The summed E-state index contributed by atoms with van der Waals surface area (Å²) >= 11 is 7.96. The number of carbonyl (C=O) groups is 2. The van der Waals surface area contributed by atoms with Crippen LogP contribution in [0, 0.1) is 6.92 Å². The average molecular weight is 447 g/mol. The summed E-state index contributed by atoms with van der Waals surface area (Å²) in [5, 5.41) is 3.54. The molecule has 0 fully saturated rings. The number of benzene rings is 2. The van der Waals surface area contributed by atoms with E-state index in [9.17, 15) is 9.59 Å². The zero-order chi connectivity index (χ0) is 21.9. The quantitative estimate of drug-likeness (QED) is 0.368. The number of amides is 2. The molecular formula is C24H31ClN2O2S. The third-order valence-corrected chi connectivity index (χ3v) is 6.28. The molecule has 1 atom stereocenters. The maximum atomic E-state index is 13.1.